The molecule has 2 aliphatic carbocycles. The van der Waals surface area contributed by atoms with Gasteiger partial charge in [-0.15, -0.1) is 0 Å². The van der Waals surface area contributed by atoms with Crippen molar-refractivity contribution in [2.24, 2.45) is 22.2 Å². The lowest BCUT2D eigenvalue weighted by Gasteiger charge is -2.41. The molecule has 1 saturated carbocycles. The summed E-state index contributed by atoms with van der Waals surface area (Å²) in [5.74, 6) is -6.10. The molecule has 3 aliphatic heterocycles. The molecule has 12 heteroatoms. The van der Waals surface area contributed by atoms with Crippen LogP contribution in [0.25, 0.3) is 0 Å². The SMILES string of the molecule is CC1C(=O)N2CC(C(=O)OCC(=O)c3ccc(N)nc3F)C3=C(CN=C/C(Cl)=C4/C(F)=CC(=O)C=C34)C2C12CC2. The summed E-state index contributed by atoms with van der Waals surface area (Å²) in [6.07, 6.45) is 4.91. The van der Waals surface area contributed by atoms with Crippen molar-refractivity contribution in [3.8, 4) is 0 Å². The molecule has 3 unspecified atom stereocenters. The minimum Gasteiger partial charge on any atom is -0.457 e. The van der Waals surface area contributed by atoms with Gasteiger partial charge in [0.2, 0.25) is 17.6 Å². The Morgan fingerprint density at radius 1 is 1.23 bits per heavy atom. The molecule has 2 N–H and O–H groups in total. The van der Waals surface area contributed by atoms with Crippen LogP contribution in [0.2, 0.25) is 0 Å². The van der Waals surface area contributed by atoms with Gasteiger partial charge in [-0.25, -0.2) is 9.37 Å². The number of carbonyl (C=O) groups excluding carboxylic acids is 4. The number of amides is 1. The van der Waals surface area contributed by atoms with Crippen molar-refractivity contribution >= 4 is 47.1 Å². The molecule has 1 aromatic heterocycles. The summed E-state index contributed by atoms with van der Waals surface area (Å²) in [6.45, 7) is 0.996. The highest BCUT2D eigenvalue weighted by molar-refractivity contribution is 6.40. The first-order valence-corrected chi connectivity index (χ1v) is 13.1. The smallest absolute Gasteiger partial charge is 0.315 e. The van der Waals surface area contributed by atoms with E-state index in [4.69, 9.17) is 22.1 Å². The van der Waals surface area contributed by atoms with E-state index >= 15 is 4.39 Å². The molecule has 9 nitrogen and oxygen atoms in total. The van der Waals surface area contributed by atoms with Gasteiger partial charge in [0.25, 0.3) is 0 Å². The fourth-order valence-corrected chi connectivity index (χ4v) is 6.69. The third kappa shape index (κ3) is 3.94. The first-order chi connectivity index (χ1) is 19.0. The molecule has 2 fully saturated rings. The van der Waals surface area contributed by atoms with Crippen molar-refractivity contribution in [1.29, 1.82) is 0 Å². The van der Waals surface area contributed by atoms with E-state index in [1.807, 2.05) is 6.92 Å². The fraction of sp³-hybridized carbons (Fsp3) is 0.357. The lowest BCUT2D eigenvalue weighted by molar-refractivity contribution is -0.148. The van der Waals surface area contributed by atoms with Crippen molar-refractivity contribution < 1.29 is 32.7 Å². The number of nitrogens with two attached hydrogens (primary N) is 1. The maximum absolute atomic E-state index is 15.2. The second-order valence-corrected chi connectivity index (χ2v) is 11.0. The maximum atomic E-state index is 15.2. The van der Waals surface area contributed by atoms with Gasteiger partial charge >= 0.3 is 5.97 Å². The molecule has 5 aliphatic rings. The summed E-state index contributed by atoms with van der Waals surface area (Å²) in [6, 6.07) is 1.98. The second kappa shape index (κ2) is 9.29. The highest BCUT2D eigenvalue weighted by Crippen LogP contribution is 2.64. The van der Waals surface area contributed by atoms with Crippen LogP contribution in [0.15, 0.2) is 62.4 Å². The zero-order valence-corrected chi connectivity index (χ0v) is 22.0. The average molecular weight is 569 g/mol. The van der Waals surface area contributed by atoms with E-state index in [1.54, 1.807) is 4.90 Å². The number of aromatic nitrogens is 1. The van der Waals surface area contributed by atoms with Gasteiger partial charge in [0, 0.05) is 35.7 Å². The van der Waals surface area contributed by atoms with Gasteiger partial charge in [0.1, 0.15) is 17.6 Å². The number of rotatable bonds is 4. The average Bonchev–Trinajstić information content (AvgIpc) is 3.66. The van der Waals surface area contributed by atoms with E-state index < -0.39 is 53.4 Å². The largest absolute Gasteiger partial charge is 0.457 e. The fourth-order valence-electron chi connectivity index (χ4n) is 6.43. The number of hydrogen-bond acceptors (Lipinski definition) is 8. The number of pyridine rings is 1. The molecule has 1 saturated heterocycles. The Morgan fingerprint density at radius 3 is 2.67 bits per heavy atom. The van der Waals surface area contributed by atoms with Crippen LogP contribution in [-0.4, -0.2) is 65.3 Å². The standard InChI is InChI=1S/C28H23ClF2N4O5/c1-12-26(38)35-10-17(27(39)40-11-20(37)14-2-3-21(32)34-25(14)31)22-15-6-13(36)7-19(30)23(15)18(29)9-33-8-16(22)24(35)28(12)4-5-28/h2-3,6-7,9,12,17,24H,4-5,8,10-11H2,1H3,(H2,32,34)/b23-18-,33-9?. The molecular weight excluding hydrogens is 546 g/mol. The van der Waals surface area contributed by atoms with Gasteiger partial charge in [-0.05, 0) is 47.8 Å². The van der Waals surface area contributed by atoms with Crippen LogP contribution in [0.1, 0.15) is 30.1 Å². The summed E-state index contributed by atoms with van der Waals surface area (Å²) in [5.41, 5.74) is 5.64. The van der Waals surface area contributed by atoms with Crippen LogP contribution < -0.4 is 5.73 Å². The molecule has 1 aromatic rings. The minimum atomic E-state index is -1.18. The van der Waals surface area contributed by atoms with Crippen LogP contribution in [0.3, 0.4) is 0 Å². The molecule has 0 radical (unpaired) electrons. The monoisotopic (exact) mass is 568 g/mol. The Morgan fingerprint density at radius 2 is 1.98 bits per heavy atom. The number of fused-ring (bicyclic) bond motifs is 5. The van der Waals surface area contributed by atoms with Gasteiger partial charge in [-0.1, -0.05) is 18.5 Å². The Kier molecular flexibility index (Phi) is 6.10. The number of Topliss-reactive ketones (excluding diaryl/α,β-unsaturated/α-hetero) is 1. The molecule has 4 heterocycles. The summed E-state index contributed by atoms with van der Waals surface area (Å²) < 4.78 is 34.7. The predicted molar refractivity (Wildman–Crippen MR) is 139 cm³/mol. The first-order valence-electron chi connectivity index (χ1n) is 12.7. The number of carbonyl (C=O) groups is 4. The van der Waals surface area contributed by atoms with Gasteiger partial charge in [0.05, 0.1) is 23.2 Å². The number of nitrogen functional groups attached to an aromatic ring is 1. The third-order valence-corrected chi connectivity index (χ3v) is 8.75. The van der Waals surface area contributed by atoms with Crippen LogP contribution in [0.5, 0.6) is 0 Å². The van der Waals surface area contributed by atoms with E-state index in [0.29, 0.717) is 11.1 Å². The lowest BCUT2D eigenvalue weighted by Crippen LogP contribution is -2.49. The number of ether oxygens (including phenoxy) is 1. The van der Waals surface area contributed by atoms with E-state index in [9.17, 15) is 23.6 Å². The number of ketones is 2. The topological polar surface area (TPSA) is 132 Å². The molecular formula is C28H23ClF2N4O5. The molecule has 3 atom stereocenters. The van der Waals surface area contributed by atoms with E-state index in [-0.39, 0.29) is 52.3 Å². The quantitative estimate of drug-likeness (QED) is 0.335. The van der Waals surface area contributed by atoms with E-state index in [1.165, 1.54) is 18.4 Å². The Labute approximate surface area is 232 Å². The van der Waals surface area contributed by atoms with Gasteiger partial charge in [-0.3, -0.25) is 24.2 Å². The summed E-state index contributed by atoms with van der Waals surface area (Å²) in [4.78, 5) is 61.6. The van der Waals surface area contributed by atoms with Crippen molar-refractivity contribution in [3.63, 3.8) is 0 Å². The van der Waals surface area contributed by atoms with Gasteiger partial charge in [0.15, 0.2) is 12.4 Å². The molecule has 1 spiro atoms. The third-order valence-electron chi connectivity index (χ3n) is 8.46. The van der Waals surface area contributed by atoms with Gasteiger partial charge < -0.3 is 15.4 Å². The van der Waals surface area contributed by atoms with Crippen LogP contribution in [0.4, 0.5) is 14.6 Å². The predicted octanol–water partition coefficient (Wildman–Crippen LogP) is 3.02. The molecule has 206 valence electrons. The lowest BCUT2D eigenvalue weighted by atomic mass is 9.73. The molecule has 40 heavy (non-hydrogen) atoms. The highest BCUT2D eigenvalue weighted by Gasteiger charge is 2.66. The zero-order valence-electron chi connectivity index (χ0n) is 21.2. The number of allylic oxidation sites excluding steroid dienone is 6. The first kappa shape index (κ1) is 26.2. The number of nitrogens with zero attached hydrogens (tertiary/aromatic N) is 3. The van der Waals surface area contributed by atoms with Crippen LogP contribution >= 0.6 is 11.6 Å². The van der Waals surface area contributed by atoms with Crippen molar-refractivity contribution in [2.45, 2.75) is 25.8 Å². The van der Waals surface area contributed by atoms with Crippen molar-refractivity contribution in [2.75, 3.05) is 25.4 Å². The summed E-state index contributed by atoms with van der Waals surface area (Å²) in [7, 11) is 0. The summed E-state index contributed by atoms with van der Waals surface area (Å²) >= 11 is 6.39. The van der Waals surface area contributed by atoms with Crippen LogP contribution in [-0.2, 0) is 19.1 Å². The summed E-state index contributed by atoms with van der Waals surface area (Å²) in [5, 5.41) is -0.0490. The van der Waals surface area contributed by atoms with Crippen molar-refractivity contribution in [3.05, 3.63) is 68.9 Å². The Hall–Kier alpha value is -3.99. The van der Waals surface area contributed by atoms with Crippen LogP contribution in [0, 0.1) is 23.2 Å². The Bertz CT molecular complexity index is 1570. The maximum Gasteiger partial charge on any atom is 0.315 e. The number of esters is 1. The molecule has 0 aromatic carbocycles. The van der Waals surface area contributed by atoms with E-state index in [0.717, 1.165) is 25.0 Å². The highest BCUT2D eigenvalue weighted by atomic mass is 35.5. The minimum absolute atomic E-state index is 0.0490. The zero-order chi connectivity index (χ0) is 28.5. The second-order valence-electron chi connectivity index (χ2n) is 10.6. The molecule has 0 bridgehead atoms. The number of aliphatic imine (C=N–C) groups is 1. The van der Waals surface area contributed by atoms with E-state index in [2.05, 4.69) is 9.98 Å². The number of hydrogen-bond donors (Lipinski definition) is 1. The number of anilines is 1. The Balaban J connectivity index is 1.42. The van der Waals surface area contributed by atoms with Gasteiger partial charge in [-0.2, -0.15) is 4.39 Å². The normalized spacial score (nSPS) is 28.3. The molecule has 6 rings (SSSR count). The number of halogens is 3. The van der Waals surface area contributed by atoms with Crippen molar-refractivity contribution in [1.82, 2.24) is 9.88 Å². The molecule has 1 amide bonds.